The summed E-state index contributed by atoms with van der Waals surface area (Å²) in [6.45, 7) is 5.51. The molecule has 0 amide bonds. The van der Waals surface area contributed by atoms with Gasteiger partial charge in [-0.1, -0.05) is 13.8 Å². The molecule has 0 aromatic rings. The summed E-state index contributed by atoms with van der Waals surface area (Å²) in [7, 11) is 0. The minimum Gasteiger partial charge on any atom is -0.392 e. The molecule has 2 atom stereocenters. The third-order valence-corrected chi connectivity index (χ3v) is 1.39. The number of aliphatic hydroxyl groups is 1. The van der Waals surface area contributed by atoms with E-state index in [9.17, 15) is 0 Å². The largest absolute Gasteiger partial charge is 0.392 e. The number of nitrogens with zero attached hydrogens (tertiary/aromatic N) is 1. The smallest absolute Gasteiger partial charge is 0.0742 e. The second-order valence-electron chi connectivity index (χ2n) is 2.64. The van der Waals surface area contributed by atoms with Crippen molar-refractivity contribution in [2.75, 3.05) is 0 Å². The van der Waals surface area contributed by atoms with Crippen LogP contribution < -0.4 is 0 Å². The Hall–Kier alpha value is -0.550. The fourth-order valence-electron chi connectivity index (χ4n) is 0.814. The highest BCUT2D eigenvalue weighted by Crippen LogP contribution is 2.13. The maximum Gasteiger partial charge on any atom is 0.0742 e. The highest BCUT2D eigenvalue weighted by Gasteiger charge is 2.17. The van der Waals surface area contributed by atoms with Crippen molar-refractivity contribution in [1.29, 1.82) is 5.26 Å². The van der Waals surface area contributed by atoms with Crippen molar-refractivity contribution in [2.24, 2.45) is 11.8 Å². The maximum absolute atomic E-state index is 8.96. The van der Waals surface area contributed by atoms with Gasteiger partial charge in [0.2, 0.25) is 0 Å². The maximum atomic E-state index is 8.96. The number of hydrogen-bond donors (Lipinski definition) is 1. The summed E-state index contributed by atoms with van der Waals surface area (Å²) in [6.07, 6.45) is -0.505. The van der Waals surface area contributed by atoms with Gasteiger partial charge in [0.05, 0.1) is 18.1 Å². The third kappa shape index (κ3) is 2.48. The molecule has 1 N–H and O–H groups in total. The van der Waals surface area contributed by atoms with E-state index in [4.69, 9.17) is 10.4 Å². The first-order valence-corrected chi connectivity index (χ1v) is 3.17. The zero-order valence-electron chi connectivity index (χ0n) is 6.13. The van der Waals surface area contributed by atoms with Crippen LogP contribution in [0.4, 0.5) is 0 Å². The molecule has 0 saturated heterocycles. The van der Waals surface area contributed by atoms with E-state index in [1.807, 2.05) is 13.8 Å². The van der Waals surface area contributed by atoms with Crippen LogP contribution in [0.25, 0.3) is 0 Å². The van der Waals surface area contributed by atoms with E-state index in [-0.39, 0.29) is 11.8 Å². The Kier molecular flexibility index (Phi) is 3.26. The second kappa shape index (κ2) is 3.47. The summed E-state index contributed by atoms with van der Waals surface area (Å²) >= 11 is 0. The van der Waals surface area contributed by atoms with E-state index < -0.39 is 6.10 Å². The van der Waals surface area contributed by atoms with Gasteiger partial charge in [-0.15, -0.1) is 0 Å². The molecule has 0 aliphatic rings. The van der Waals surface area contributed by atoms with Gasteiger partial charge >= 0.3 is 0 Å². The zero-order chi connectivity index (χ0) is 7.44. The summed E-state index contributed by atoms with van der Waals surface area (Å²) in [5, 5.41) is 17.4. The van der Waals surface area contributed by atoms with E-state index in [2.05, 4.69) is 6.07 Å². The summed E-state index contributed by atoms with van der Waals surface area (Å²) < 4.78 is 0. The molecule has 0 aromatic carbocycles. The van der Waals surface area contributed by atoms with Crippen LogP contribution in [0.15, 0.2) is 0 Å². The van der Waals surface area contributed by atoms with E-state index in [1.54, 1.807) is 6.92 Å². The first kappa shape index (κ1) is 8.45. The van der Waals surface area contributed by atoms with E-state index in [1.165, 1.54) is 0 Å². The minimum absolute atomic E-state index is 0.218. The lowest BCUT2D eigenvalue weighted by atomic mass is 9.93. The Morgan fingerprint density at radius 1 is 1.33 bits per heavy atom. The molecule has 52 valence electrons. The average Bonchev–Trinajstić information content (AvgIpc) is 1.64. The average molecular weight is 127 g/mol. The molecule has 0 spiro atoms. The fourth-order valence-corrected chi connectivity index (χ4v) is 0.814. The van der Waals surface area contributed by atoms with Crippen LogP contribution in [-0.4, -0.2) is 11.2 Å². The number of hydrogen-bond acceptors (Lipinski definition) is 2. The Labute approximate surface area is 56.1 Å². The van der Waals surface area contributed by atoms with Crippen molar-refractivity contribution < 1.29 is 5.11 Å². The van der Waals surface area contributed by atoms with Crippen molar-refractivity contribution >= 4 is 0 Å². The van der Waals surface area contributed by atoms with E-state index in [0.717, 1.165) is 0 Å². The summed E-state index contributed by atoms with van der Waals surface area (Å²) in [4.78, 5) is 0. The van der Waals surface area contributed by atoms with Gasteiger partial charge in [0.15, 0.2) is 0 Å². The van der Waals surface area contributed by atoms with Crippen molar-refractivity contribution in [3.63, 3.8) is 0 Å². The molecular formula is C7H13NO. The van der Waals surface area contributed by atoms with Crippen LogP contribution >= 0.6 is 0 Å². The van der Waals surface area contributed by atoms with Crippen LogP contribution in [0, 0.1) is 23.2 Å². The topological polar surface area (TPSA) is 44.0 Å². The van der Waals surface area contributed by atoms with Crippen LogP contribution in [0.1, 0.15) is 20.8 Å². The SMILES string of the molecule is CC(C)C(C#N)C(C)O. The monoisotopic (exact) mass is 127 g/mol. The lowest BCUT2D eigenvalue weighted by molar-refractivity contribution is 0.129. The summed E-state index contributed by atoms with van der Waals surface area (Å²) in [6, 6.07) is 2.05. The van der Waals surface area contributed by atoms with E-state index >= 15 is 0 Å². The molecule has 2 unspecified atom stereocenters. The van der Waals surface area contributed by atoms with Crippen molar-refractivity contribution in [3.8, 4) is 6.07 Å². The molecule has 2 heteroatoms. The minimum atomic E-state index is -0.505. The van der Waals surface area contributed by atoms with Crippen molar-refractivity contribution in [1.82, 2.24) is 0 Å². The molecule has 9 heavy (non-hydrogen) atoms. The molecule has 0 rings (SSSR count). The van der Waals surface area contributed by atoms with Crippen LogP contribution in [0.5, 0.6) is 0 Å². The summed E-state index contributed by atoms with van der Waals surface area (Å²) in [5.74, 6) is 0.0278. The fraction of sp³-hybridized carbons (Fsp3) is 0.857. The zero-order valence-corrected chi connectivity index (χ0v) is 6.13. The predicted molar refractivity (Wildman–Crippen MR) is 35.6 cm³/mol. The Balaban J connectivity index is 3.87. The first-order chi connectivity index (χ1) is 4.09. The number of nitriles is 1. The van der Waals surface area contributed by atoms with Gasteiger partial charge < -0.3 is 5.11 Å². The molecule has 0 aliphatic carbocycles. The highest BCUT2D eigenvalue weighted by molar-refractivity contribution is 4.88. The third-order valence-electron chi connectivity index (χ3n) is 1.39. The summed E-state index contributed by atoms with van der Waals surface area (Å²) in [5.41, 5.74) is 0. The van der Waals surface area contributed by atoms with Gasteiger partial charge in [0.25, 0.3) is 0 Å². The molecule has 0 heterocycles. The molecule has 0 aromatic heterocycles. The molecule has 0 bridgehead atoms. The van der Waals surface area contributed by atoms with Gasteiger partial charge in [0.1, 0.15) is 0 Å². The number of rotatable bonds is 2. The van der Waals surface area contributed by atoms with Gasteiger partial charge in [-0.25, -0.2) is 0 Å². The molecule has 0 saturated carbocycles. The normalized spacial score (nSPS) is 16.9. The molecule has 0 radical (unpaired) electrons. The van der Waals surface area contributed by atoms with Gasteiger partial charge in [-0.05, 0) is 12.8 Å². The standard InChI is InChI=1S/C7H13NO/c1-5(2)7(4-8)6(3)9/h5-7,9H,1-3H3. The Morgan fingerprint density at radius 3 is 1.78 bits per heavy atom. The van der Waals surface area contributed by atoms with Crippen LogP contribution in [0.3, 0.4) is 0 Å². The van der Waals surface area contributed by atoms with Crippen LogP contribution in [0.2, 0.25) is 0 Å². The van der Waals surface area contributed by atoms with Crippen molar-refractivity contribution in [2.45, 2.75) is 26.9 Å². The molecule has 2 nitrogen and oxygen atoms in total. The van der Waals surface area contributed by atoms with Crippen LogP contribution in [-0.2, 0) is 0 Å². The predicted octanol–water partition coefficient (Wildman–Crippen LogP) is 1.16. The van der Waals surface area contributed by atoms with Gasteiger partial charge in [-0.2, -0.15) is 5.26 Å². The van der Waals surface area contributed by atoms with E-state index in [0.29, 0.717) is 0 Å². The van der Waals surface area contributed by atoms with Gasteiger partial charge in [0, 0.05) is 0 Å². The lowest BCUT2D eigenvalue weighted by Gasteiger charge is -2.14. The molecular weight excluding hydrogens is 114 g/mol. The Morgan fingerprint density at radius 2 is 1.78 bits per heavy atom. The second-order valence-corrected chi connectivity index (χ2v) is 2.64. The van der Waals surface area contributed by atoms with Gasteiger partial charge in [-0.3, -0.25) is 0 Å². The molecule has 0 fully saturated rings. The lowest BCUT2D eigenvalue weighted by Crippen LogP contribution is -2.19. The van der Waals surface area contributed by atoms with Crippen molar-refractivity contribution in [3.05, 3.63) is 0 Å². The Bertz CT molecular complexity index is 105. The highest BCUT2D eigenvalue weighted by atomic mass is 16.3. The molecule has 0 aliphatic heterocycles. The first-order valence-electron chi connectivity index (χ1n) is 3.17. The number of aliphatic hydroxyl groups excluding tert-OH is 1. The quantitative estimate of drug-likeness (QED) is 0.605.